The van der Waals surface area contributed by atoms with Gasteiger partial charge in [0.1, 0.15) is 5.82 Å². The quantitative estimate of drug-likeness (QED) is 0.297. The van der Waals surface area contributed by atoms with Crippen LogP contribution in [0.15, 0.2) is 29.4 Å². The number of halogens is 3. The predicted molar refractivity (Wildman–Crippen MR) is 142 cm³/mol. The topological polar surface area (TPSA) is 54.3 Å². The van der Waals surface area contributed by atoms with Crippen LogP contribution in [-0.4, -0.2) is 68.9 Å². The number of alkyl halides is 3. The molecule has 38 heavy (non-hydrogen) atoms. The van der Waals surface area contributed by atoms with E-state index in [0.717, 1.165) is 93.5 Å². The van der Waals surface area contributed by atoms with Crippen molar-refractivity contribution >= 4 is 17.7 Å². The molecular weight excluding hydrogens is 511 g/mol. The number of thioether (sulfide) groups is 1. The zero-order valence-corrected chi connectivity index (χ0v) is 23.2. The summed E-state index contributed by atoms with van der Waals surface area (Å²) in [5.74, 6) is 3.00. The fourth-order valence-electron chi connectivity index (χ4n) is 6.37. The molecule has 0 N–H and O–H groups in total. The fourth-order valence-corrected chi connectivity index (χ4v) is 7.21. The molecule has 0 radical (unpaired) electrons. The van der Waals surface area contributed by atoms with E-state index in [1.807, 2.05) is 18.9 Å². The molecule has 3 heterocycles. The first-order valence-electron chi connectivity index (χ1n) is 13.9. The predicted octanol–water partition coefficient (Wildman–Crippen LogP) is 5.70. The van der Waals surface area contributed by atoms with Gasteiger partial charge in [-0.25, -0.2) is 0 Å². The first-order valence-corrected chi connectivity index (χ1v) is 14.9. The van der Waals surface area contributed by atoms with Crippen LogP contribution in [0.4, 0.5) is 13.2 Å². The van der Waals surface area contributed by atoms with Gasteiger partial charge in [-0.15, -0.1) is 10.2 Å². The molecule has 1 saturated carbocycles. The number of rotatable bonds is 9. The van der Waals surface area contributed by atoms with Crippen LogP contribution in [0.1, 0.15) is 80.7 Å². The highest BCUT2D eigenvalue weighted by Gasteiger charge is 2.57. The van der Waals surface area contributed by atoms with E-state index >= 15 is 0 Å². The third-order valence-corrected chi connectivity index (χ3v) is 9.80. The molecule has 1 amide bonds. The van der Waals surface area contributed by atoms with Crippen molar-refractivity contribution in [2.24, 2.45) is 12.5 Å². The Kier molecular flexibility index (Phi) is 8.10. The van der Waals surface area contributed by atoms with Gasteiger partial charge >= 0.3 is 6.18 Å². The summed E-state index contributed by atoms with van der Waals surface area (Å²) >= 11 is 1.75. The summed E-state index contributed by atoms with van der Waals surface area (Å²) in [5.41, 5.74) is 0.731. The monoisotopic (exact) mass is 549 g/mol. The van der Waals surface area contributed by atoms with E-state index in [-0.39, 0.29) is 11.3 Å². The van der Waals surface area contributed by atoms with Crippen molar-refractivity contribution in [3.63, 3.8) is 0 Å². The highest BCUT2D eigenvalue weighted by molar-refractivity contribution is 7.99. The van der Waals surface area contributed by atoms with Gasteiger partial charge in [0, 0.05) is 44.8 Å². The zero-order chi connectivity index (χ0) is 26.9. The molecule has 0 unspecified atom stereocenters. The lowest BCUT2D eigenvalue weighted by atomic mass is 9.95. The van der Waals surface area contributed by atoms with Gasteiger partial charge < -0.3 is 14.4 Å². The molecule has 2 saturated heterocycles. The molecule has 3 aliphatic rings. The lowest BCUT2D eigenvalue weighted by Gasteiger charge is -2.31. The molecule has 3 fully saturated rings. The summed E-state index contributed by atoms with van der Waals surface area (Å²) in [6.07, 6.45) is 2.40. The third kappa shape index (κ3) is 5.91. The summed E-state index contributed by atoms with van der Waals surface area (Å²) in [7, 11) is 2.05. The third-order valence-electron chi connectivity index (χ3n) is 8.69. The minimum Gasteiger partial charge on any atom is -0.343 e. The van der Waals surface area contributed by atoms with E-state index in [9.17, 15) is 18.0 Å². The minimum atomic E-state index is -4.28. The number of hydrogen-bond donors (Lipinski definition) is 0. The molecule has 1 aromatic heterocycles. The lowest BCUT2D eigenvalue weighted by molar-refractivity contribution is -0.137. The highest BCUT2D eigenvalue weighted by atomic mass is 32.2. The van der Waals surface area contributed by atoms with Crippen molar-refractivity contribution in [1.82, 2.24) is 24.6 Å². The zero-order valence-electron chi connectivity index (χ0n) is 22.3. The SMILES string of the molecule is CCCC(=O)N1CCC(c2nnc(SCCCN3CC[C@]4(C[C@@H]4c4ccc(C(F)(F)F)cc4)C3)n2C)CC1. The molecule has 10 heteroatoms. The Balaban J connectivity index is 1.04. The molecule has 1 spiro atoms. The Hall–Kier alpha value is -2.07. The smallest absolute Gasteiger partial charge is 0.343 e. The van der Waals surface area contributed by atoms with Gasteiger partial charge in [-0.3, -0.25) is 4.79 Å². The number of amides is 1. The molecular formula is C28H38F3N5OS. The van der Waals surface area contributed by atoms with Crippen molar-refractivity contribution in [3.05, 3.63) is 41.2 Å². The van der Waals surface area contributed by atoms with Gasteiger partial charge in [-0.1, -0.05) is 30.8 Å². The molecule has 5 rings (SSSR count). The van der Waals surface area contributed by atoms with Crippen LogP contribution in [0.25, 0.3) is 0 Å². The number of piperidine rings is 1. The molecule has 2 aromatic rings. The van der Waals surface area contributed by atoms with Crippen molar-refractivity contribution in [2.75, 3.05) is 38.5 Å². The molecule has 208 valence electrons. The van der Waals surface area contributed by atoms with E-state index in [4.69, 9.17) is 0 Å². The van der Waals surface area contributed by atoms with E-state index in [1.165, 1.54) is 12.1 Å². The standard InChI is InChI=1S/C28H38F3N5OS/c1-3-5-24(37)36-14-10-21(11-15-36)25-32-33-26(34(25)2)38-17-4-13-35-16-12-27(19-35)18-23(27)20-6-8-22(9-7-20)28(29,30)31/h6-9,21,23H,3-5,10-19H2,1-2H3/t23-,27+/m1/s1. The Labute approximate surface area is 227 Å². The normalized spacial score (nSPS) is 24.4. The van der Waals surface area contributed by atoms with Crippen molar-refractivity contribution in [3.8, 4) is 0 Å². The molecule has 2 atom stereocenters. The van der Waals surface area contributed by atoms with E-state index in [2.05, 4.69) is 19.7 Å². The van der Waals surface area contributed by atoms with Gasteiger partial charge in [0.25, 0.3) is 0 Å². The Morgan fingerprint density at radius 3 is 2.55 bits per heavy atom. The van der Waals surface area contributed by atoms with Crippen LogP contribution >= 0.6 is 11.8 Å². The maximum Gasteiger partial charge on any atom is 0.416 e. The maximum atomic E-state index is 12.9. The Bertz CT molecular complexity index is 1110. The second-order valence-corrected chi connectivity index (χ2v) is 12.3. The second-order valence-electron chi connectivity index (χ2n) is 11.3. The van der Waals surface area contributed by atoms with Crippen molar-refractivity contribution in [2.45, 2.75) is 75.0 Å². The van der Waals surface area contributed by atoms with Crippen LogP contribution in [0.5, 0.6) is 0 Å². The number of hydrogen-bond acceptors (Lipinski definition) is 5. The van der Waals surface area contributed by atoms with Gasteiger partial charge in [-0.2, -0.15) is 13.2 Å². The fraction of sp³-hybridized carbons (Fsp3) is 0.679. The molecule has 1 aromatic carbocycles. The van der Waals surface area contributed by atoms with E-state index in [1.54, 1.807) is 23.9 Å². The summed E-state index contributed by atoms with van der Waals surface area (Å²) in [5, 5.41) is 9.90. The summed E-state index contributed by atoms with van der Waals surface area (Å²) in [4.78, 5) is 16.7. The van der Waals surface area contributed by atoms with E-state index < -0.39 is 11.7 Å². The summed E-state index contributed by atoms with van der Waals surface area (Å²) < 4.78 is 40.8. The lowest BCUT2D eigenvalue weighted by Crippen LogP contribution is -2.38. The largest absolute Gasteiger partial charge is 0.416 e. The van der Waals surface area contributed by atoms with Crippen LogP contribution in [0.3, 0.4) is 0 Å². The number of aromatic nitrogens is 3. The maximum absolute atomic E-state index is 12.9. The van der Waals surface area contributed by atoms with Crippen LogP contribution in [0.2, 0.25) is 0 Å². The first kappa shape index (κ1) is 27.5. The Morgan fingerprint density at radius 1 is 1.13 bits per heavy atom. The molecule has 6 nitrogen and oxygen atoms in total. The number of benzene rings is 1. The van der Waals surface area contributed by atoms with Crippen LogP contribution in [0, 0.1) is 5.41 Å². The van der Waals surface area contributed by atoms with E-state index in [0.29, 0.717) is 18.3 Å². The number of likely N-dealkylation sites (tertiary alicyclic amines) is 2. The number of carbonyl (C=O) groups is 1. The molecule has 1 aliphatic carbocycles. The molecule has 2 aliphatic heterocycles. The Morgan fingerprint density at radius 2 is 1.87 bits per heavy atom. The highest BCUT2D eigenvalue weighted by Crippen LogP contribution is 2.64. The minimum absolute atomic E-state index is 0.252. The van der Waals surface area contributed by atoms with Crippen molar-refractivity contribution < 1.29 is 18.0 Å². The first-order chi connectivity index (χ1) is 18.2. The summed E-state index contributed by atoms with van der Waals surface area (Å²) in [6.45, 7) is 6.78. The van der Waals surface area contributed by atoms with Crippen molar-refractivity contribution in [1.29, 1.82) is 0 Å². The van der Waals surface area contributed by atoms with Gasteiger partial charge in [-0.05, 0) is 80.6 Å². The van der Waals surface area contributed by atoms with Gasteiger partial charge in [0.15, 0.2) is 5.16 Å². The van der Waals surface area contributed by atoms with Crippen LogP contribution in [-0.2, 0) is 18.0 Å². The average Bonchev–Trinajstić information content (AvgIpc) is 3.25. The van der Waals surface area contributed by atoms with Crippen LogP contribution < -0.4 is 0 Å². The van der Waals surface area contributed by atoms with Gasteiger partial charge in [0.2, 0.25) is 5.91 Å². The number of nitrogens with zero attached hydrogens (tertiary/aromatic N) is 5. The second kappa shape index (κ2) is 11.2. The average molecular weight is 550 g/mol. The summed E-state index contributed by atoms with van der Waals surface area (Å²) in [6, 6.07) is 5.79. The van der Waals surface area contributed by atoms with Gasteiger partial charge in [0.05, 0.1) is 5.56 Å². The number of carbonyl (C=O) groups excluding carboxylic acids is 1. The molecule has 0 bridgehead atoms.